The number of carbonyl (C=O) groups is 2. The first-order valence-corrected chi connectivity index (χ1v) is 6.41. The molecular weight excluding hydrogens is 264 g/mol. The smallest absolute Gasteiger partial charge is 0.279 e. The average molecular weight is 276 g/mol. The van der Waals surface area contributed by atoms with E-state index >= 15 is 0 Å². The van der Waals surface area contributed by atoms with Crippen LogP contribution in [0.25, 0.3) is 6.08 Å². The van der Waals surface area contributed by atoms with Crippen molar-refractivity contribution in [1.82, 2.24) is 10.9 Å². The first kappa shape index (κ1) is 13.1. The van der Waals surface area contributed by atoms with Gasteiger partial charge in [0.15, 0.2) is 0 Å². The van der Waals surface area contributed by atoms with Crippen LogP contribution in [0.1, 0.15) is 21.2 Å². The number of nitrogens with one attached hydrogen (secondary N) is 2. The third-order valence-electron chi connectivity index (χ3n) is 2.20. The van der Waals surface area contributed by atoms with E-state index in [1.165, 1.54) is 23.5 Å². The highest BCUT2D eigenvalue weighted by Crippen LogP contribution is 2.08. The molecule has 0 bridgehead atoms. The van der Waals surface area contributed by atoms with Gasteiger partial charge < -0.3 is 4.42 Å². The molecule has 19 heavy (non-hydrogen) atoms. The van der Waals surface area contributed by atoms with Gasteiger partial charge >= 0.3 is 0 Å². The maximum atomic E-state index is 11.5. The van der Waals surface area contributed by atoms with Gasteiger partial charge in [-0.15, -0.1) is 11.3 Å². The number of furan rings is 1. The molecule has 2 aromatic heterocycles. The van der Waals surface area contributed by atoms with E-state index in [2.05, 4.69) is 10.9 Å². The summed E-state index contributed by atoms with van der Waals surface area (Å²) in [5.41, 5.74) is 4.60. The van der Waals surface area contributed by atoms with Gasteiger partial charge in [-0.05, 0) is 36.6 Å². The molecule has 2 N–H and O–H groups in total. The van der Waals surface area contributed by atoms with Crippen molar-refractivity contribution >= 4 is 29.2 Å². The van der Waals surface area contributed by atoms with Gasteiger partial charge in [0, 0.05) is 6.08 Å². The minimum absolute atomic E-state index is 0.342. The van der Waals surface area contributed by atoms with Gasteiger partial charge in [-0.1, -0.05) is 6.07 Å². The van der Waals surface area contributed by atoms with Gasteiger partial charge in [0.05, 0.1) is 4.88 Å². The van der Waals surface area contributed by atoms with Crippen LogP contribution in [0, 0.1) is 6.92 Å². The van der Waals surface area contributed by atoms with E-state index < -0.39 is 5.91 Å². The third kappa shape index (κ3) is 3.82. The number of amides is 2. The summed E-state index contributed by atoms with van der Waals surface area (Å²) in [6.45, 7) is 1.82. The summed E-state index contributed by atoms with van der Waals surface area (Å²) in [6, 6.07) is 6.99. The van der Waals surface area contributed by atoms with Gasteiger partial charge in [-0.3, -0.25) is 20.4 Å². The molecule has 0 saturated carbocycles. The summed E-state index contributed by atoms with van der Waals surface area (Å²) < 4.78 is 5.27. The Kier molecular flexibility index (Phi) is 4.15. The zero-order chi connectivity index (χ0) is 13.7. The topological polar surface area (TPSA) is 71.3 Å². The Morgan fingerprint density at radius 3 is 2.74 bits per heavy atom. The van der Waals surface area contributed by atoms with Crippen LogP contribution in [0.3, 0.4) is 0 Å². The molecule has 0 aliphatic heterocycles. The van der Waals surface area contributed by atoms with E-state index in [0.717, 1.165) is 5.76 Å². The highest BCUT2D eigenvalue weighted by Gasteiger charge is 2.06. The lowest BCUT2D eigenvalue weighted by molar-refractivity contribution is -0.117. The number of aryl methyl sites for hydroxylation is 1. The minimum Gasteiger partial charge on any atom is -0.462 e. The summed E-state index contributed by atoms with van der Waals surface area (Å²) in [4.78, 5) is 23.5. The molecular formula is C13H12N2O3S. The fourth-order valence-electron chi connectivity index (χ4n) is 1.33. The quantitative estimate of drug-likeness (QED) is 0.666. The lowest BCUT2D eigenvalue weighted by Crippen LogP contribution is -2.40. The van der Waals surface area contributed by atoms with Crippen molar-refractivity contribution in [3.63, 3.8) is 0 Å². The summed E-state index contributed by atoms with van der Waals surface area (Å²) >= 11 is 1.30. The van der Waals surface area contributed by atoms with Gasteiger partial charge in [0.1, 0.15) is 11.5 Å². The van der Waals surface area contributed by atoms with Crippen LogP contribution >= 0.6 is 11.3 Å². The number of hydrogen-bond acceptors (Lipinski definition) is 4. The summed E-state index contributed by atoms with van der Waals surface area (Å²) in [5, 5.41) is 1.79. The van der Waals surface area contributed by atoms with Crippen LogP contribution < -0.4 is 10.9 Å². The second-order valence-corrected chi connectivity index (χ2v) is 4.65. The van der Waals surface area contributed by atoms with Gasteiger partial charge in [0.25, 0.3) is 11.8 Å². The third-order valence-corrected chi connectivity index (χ3v) is 3.07. The van der Waals surface area contributed by atoms with Crippen molar-refractivity contribution in [2.75, 3.05) is 0 Å². The Bertz CT molecular complexity index is 599. The largest absolute Gasteiger partial charge is 0.462 e. The first-order chi connectivity index (χ1) is 9.15. The van der Waals surface area contributed by atoms with Crippen LogP contribution in [0.4, 0.5) is 0 Å². The fraction of sp³-hybridized carbons (Fsp3) is 0.0769. The molecule has 5 nitrogen and oxygen atoms in total. The number of thiophene rings is 1. The lowest BCUT2D eigenvalue weighted by atomic mass is 10.4. The molecule has 0 aliphatic rings. The minimum atomic E-state index is -0.432. The zero-order valence-corrected chi connectivity index (χ0v) is 11.0. The van der Waals surface area contributed by atoms with E-state index in [-0.39, 0.29) is 5.91 Å². The van der Waals surface area contributed by atoms with Gasteiger partial charge in [-0.25, -0.2) is 0 Å². The standard InChI is InChI=1S/C13H12N2O3S/c1-9-4-5-10(18-9)6-7-12(16)14-15-13(17)11-3-2-8-19-11/h2-8H,1H3,(H,14,16)(H,15,17)/b7-6+. The van der Waals surface area contributed by atoms with E-state index in [4.69, 9.17) is 4.42 Å². The molecule has 2 heterocycles. The normalized spacial score (nSPS) is 10.6. The van der Waals surface area contributed by atoms with Crippen LogP contribution in [-0.4, -0.2) is 11.8 Å². The Morgan fingerprint density at radius 1 is 1.26 bits per heavy atom. The van der Waals surface area contributed by atoms with Crippen LogP contribution in [0.2, 0.25) is 0 Å². The second kappa shape index (κ2) is 6.01. The Hall–Kier alpha value is -2.34. The number of hydrazine groups is 1. The second-order valence-electron chi connectivity index (χ2n) is 3.70. The molecule has 98 valence electrons. The molecule has 0 atom stereocenters. The monoisotopic (exact) mass is 276 g/mol. The van der Waals surface area contributed by atoms with Crippen molar-refractivity contribution < 1.29 is 14.0 Å². The number of hydrogen-bond donors (Lipinski definition) is 2. The summed E-state index contributed by atoms with van der Waals surface area (Å²) in [5.74, 6) is 0.577. The molecule has 0 unspecified atom stereocenters. The van der Waals surface area contributed by atoms with Gasteiger partial charge in [-0.2, -0.15) is 0 Å². The van der Waals surface area contributed by atoms with E-state index in [1.54, 1.807) is 29.6 Å². The first-order valence-electron chi connectivity index (χ1n) is 5.53. The molecule has 0 fully saturated rings. The van der Waals surface area contributed by atoms with Crippen molar-refractivity contribution in [2.24, 2.45) is 0 Å². The molecule has 2 aromatic rings. The fourth-order valence-corrected chi connectivity index (χ4v) is 1.95. The van der Waals surface area contributed by atoms with Crippen molar-refractivity contribution in [3.05, 3.63) is 52.1 Å². The molecule has 6 heteroatoms. The zero-order valence-electron chi connectivity index (χ0n) is 10.2. The van der Waals surface area contributed by atoms with Crippen LogP contribution in [-0.2, 0) is 4.79 Å². The Labute approximate surface area is 113 Å². The summed E-state index contributed by atoms with van der Waals surface area (Å²) in [7, 11) is 0. The Balaban J connectivity index is 1.82. The molecule has 0 aliphatic carbocycles. The van der Waals surface area contributed by atoms with Gasteiger partial charge in [0.2, 0.25) is 0 Å². The Morgan fingerprint density at radius 2 is 2.11 bits per heavy atom. The molecule has 2 amide bonds. The van der Waals surface area contributed by atoms with E-state index in [0.29, 0.717) is 10.6 Å². The number of rotatable bonds is 3. The van der Waals surface area contributed by atoms with Crippen molar-refractivity contribution in [3.8, 4) is 0 Å². The molecule has 0 aromatic carbocycles. The van der Waals surface area contributed by atoms with Crippen molar-refractivity contribution in [2.45, 2.75) is 6.92 Å². The predicted octanol–water partition coefficient (Wildman–Crippen LogP) is 2.12. The molecule has 2 rings (SSSR count). The van der Waals surface area contributed by atoms with Crippen LogP contribution in [0.5, 0.6) is 0 Å². The molecule has 0 spiro atoms. The highest BCUT2D eigenvalue weighted by molar-refractivity contribution is 7.12. The SMILES string of the molecule is Cc1ccc(/C=C/C(=O)NNC(=O)c2cccs2)o1. The highest BCUT2D eigenvalue weighted by atomic mass is 32.1. The maximum absolute atomic E-state index is 11.5. The molecule has 0 radical (unpaired) electrons. The van der Waals surface area contributed by atoms with E-state index in [9.17, 15) is 9.59 Å². The van der Waals surface area contributed by atoms with Crippen LogP contribution in [0.15, 0.2) is 40.1 Å². The predicted molar refractivity (Wildman–Crippen MR) is 72.4 cm³/mol. The van der Waals surface area contributed by atoms with Crippen molar-refractivity contribution in [1.29, 1.82) is 0 Å². The number of carbonyl (C=O) groups excluding carboxylic acids is 2. The van der Waals surface area contributed by atoms with E-state index in [1.807, 2.05) is 6.92 Å². The average Bonchev–Trinajstić information content (AvgIpc) is 3.04. The lowest BCUT2D eigenvalue weighted by Gasteiger charge is -2.02. The maximum Gasteiger partial charge on any atom is 0.279 e. The summed E-state index contributed by atoms with van der Waals surface area (Å²) in [6.07, 6.45) is 2.81. The molecule has 0 saturated heterocycles.